The van der Waals surface area contributed by atoms with Gasteiger partial charge in [-0.1, -0.05) is 93.0 Å². The highest BCUT2D eigenvalue weighted by Gasteiger charge is 2.23. The SMILES string of the molecule is C=CC/C(=C(\Cl)N(Cc1ccccc1)S(C)(=O)=O)c1ccc(C(C)(C)C)cc1. The molecule has 0 heterocycles. The van der Waals surface area contributed by atoms with Crippen molar-refractivity contribution in [2.45, 2.75) is 39.2 Å². The predicted octanol–water partition coefficient (Wildman–Crippen LogP) is 5.93. The first-order valence-corrected chi connectivity index (χ1v) is 11.4. The van der Waals surface area contributed by atoms with E-state index in [-0.39, 0.29) is 17.1 Å². The van der Waals surface area contributed by atoms with Gasteiger partial charge in [0.1, 0.15) is 5.16 Å². The minimum atomic E-state index is -3.56. The quantitative estimate of drug-likeness (QED) is 0.413. The van der Waals surface area contributed by atoms with Crippen molar-refractivity contribution in [3.05, 3.63) is 89.1 Å². The maximum Gasteiger partial charge on any atom is 0.233 e. The lowest BCUT2D eigenvalue weighted by Gasteiger charge is -2.25. The van der Waals surface area contributed by atoms with Crippen molar-refractivity contribution >= 4 is 27.2 Å². The number of benzene rings is 2. The normalized spacial score (nSPS) is 13.0. The average molecular weight is 418 g/mol. The minimum Gasteiger partial charge on any atom is -0.255 e. The maximum atomic E-state index is 12.5. The van der Waals surface area contributed by atoms with Crippen LogP contribution in [-0.2, 0) is 22.0 Å². The van der Waals surface area contributed by atoms with Crippen molar-refractivity contribution in [2.75, 3.05) is 6.26 Å². The number of halogens is 1. The Hall–Kier alpha value is -2.04. The van der Waals surface area contributed by atoms with Crippen LogP contribution in [0.15, 0.2) is 72.4 Å². The third-order valence-corrected chi connectivity index (χ3v) is 6.13. The Morgan fingerprint density at radius 1 is 1.07 bits per heavy atom. The van der Waals surface area contributed by atoms with Gasteiger partial charge in [-0.2, -0.15) is 0 Å². The first kappa shape index (κ1) is 22.3. The highest BCUT2D eigenvalue weighted by molar-refractivity contribution is 7.88. The summed E-state index contributed by atoms with van der Waals surface area (Å²) in [6.07, 6.45) is 3.37. The largest absolute Gasteiger partial charge is 0.255 e. The van der Waals surface area contributed by atoms with Crippen LogP contribution in [0.3, 0.4) is 0 Å². The first-order valence-electron chi connectivity index (χ1n) is 9.16. The van der Waals surface area contributed by atoms with Crippen molar-refractivity contribution in [1.29, 1.82) is 0 Å². The summed E-state index contributed by atoms with van der Waals surface area (Å²) in [7, 11) is -3.56. The second-order valence-electron chi connectivity index (χ2n) is 7.84. The van der Waals surface area contributed by atoms with Crippen LogP contribution >= 0.6 is 11.6 Å². The van der Waals surface area contributed by atoms with Crippen LogP contribution in [0, 0.1) is 0 Å². The zero-order valence-corrected chi connectivity index (χ0v) is 18.5. The van der Waals surface area contributed by atoms with Gasteiger partial charge < -0.3 is 0 Å². The smallest absolute Gasteiger partial charge is 0.233 e. The van der Waals surface area contributed by atoms with Crippen molar-refractivity contribution in [2.24, 2.45) is 0 Å². The number of hydrogen-bond donors (Lipinski definition) is 0. The van der Waals surface area contributed by atoms with E-state index in [0.29, 0.717) is 6.42 Å². The minimum absolute atomic E-state index is 0.0384. The summed E-state index contributed by atoms with van der Waals surface area (Å²) >= 11 is 6.67. The van der Waals surface area contributed by atoms with Gasteiger partial charge >= 0.3 is 0 Å². The van der Waals surface area contributed by atoms with Gasteiger partial charge in [0.25, 0.3) is 0 Å². The average Bonchev–Trinajstić information content (AvgIpc) is 2.63. The Morgan fingerprint density at radius 2 is 1.64 bits per heavy atom. The number of allylic oxidation sites excluding steroid dienone is 2. The summed E-state index contributed by atoms with van der Waals surface area (Å²) in [4.78, 5) is 0. The Morgan fingerprint density at radius 3 is 2.11 bits per heavy atom. The summed E-state index contributed by atoms with van der Waals surface area (Å²) in [6, 6.07) is 17.5. The lowest BCUT2D eigenvalue weighted by atomic mass is 9.86. The molecule has 2 aromatic rings. The first-order chi connectivity index (χ1) is 13.0. The van der Waals surface area contributed by atoms with Gasteiger partial charge in [-0.3, -0.25) is 4.31 Å². The molecule has 5 heteroatoms. The van der Waals surface area contributed by atoms with Crippen LogP contribution in [-0.4, -0.2) is 19.0 Å². The van der Waals surface area contributed by atoms with E-state index in [1.165, 1.54) is 16.1 Å². The van der Waals surface area contributed by atoms with E-state index < -0.39 is 10.0 Å². The molecular formula is C23H28ClNO2S. The van der Waals surface area contributed by atoms with Gasteiger partial charge in [0, 0.05) is 0 Å². The van der Waals surface area contributed by atoms with Gasteiger partial charge in [0.15, 0.2) is 0 Å². The molecule has 0 bridgehead atoms. The van der Waals surface area contributed by atoms with Gasteiger partial charge in [-0.15, -0.1) is 6.58 Å². The lowest BCUT2D eigenvalue weighted by molar-refractivity contribution is 0.494. The molecule has 2 aromatic carbocycles. The second kappa shape index (κ2) is 8.97. The monoisotopic (exact) mass is 417 g/mol. The van der Waals surface area contributed by atoms with Crippen LogP contribution in [0.2, 0.25) is 0 Å². The number of rotatable bonds is 7. The molecule has 2 rings (SSSR count). The molecule has 0 aliphatic carbocycles. The molecule has 0 unspecified atom stereocenters. The maximum absolute atomic E-state index is 12.5. The number of nitrogens with zero attached hydrogens (tertiary/aromatic N) is 1. The van der Waals surface area contributed by atoms with Crippen LogP contribution < -0.4 is 0 Å². The molecule has 0 spiro atoms. The zero-order chi connectivity index (χ0) is 20.9. The number of sulfonamides is 1. The molecule has 0 atom stereocenters. The van der Waals surface area contributed by atoms with Crippen LogP contribution in [0.1, 0.15) is 43.9 Å². The van der Waals surface area contributed by atoms with Gasteiger partial charge in [0.2, 0.25) is 10.0 Å². The highest BCUT2D eigenvalue weighted by Crippen LogP contribution is 2.32. The van der Waals surface area contributed by atoms with Crippen molar-refractivity contribution < 1.29 is 8.42 Å². The van der Waals surface area contributed by atoms with E-state index in [2.05, 4.69) is 39.5 Å². The summed E-state index contributed by atoms with van der Waals surface area (Å²) in [5.74, 6) is 0. The third kappa shape index (κ3) is 5.73. The zero-order valence-electron chi connectivity index (χ0n) is 16.9. The molecule has 0 amide bonds. The Kier molecular flexibility index (Phi) is 7.13. The standard InChI is InChI=1S/C23H28ClNO2S/c1-6-10-21(19-13-15-20(16-14-19)23(2,3)4)22(24)25(28(5,26)27)17-18-11-8-7-9-12-18/h6-9,11-16H,1,10,17H2,2-5H3/b22-21-. The van der Waals surface area contributed by atoms with E-state index in [9.17, 15) is 8.42 Å². The molecule has 0 N–H and O–H groups in total. The molecule has 0 saturated heterocycles. The molecule has 0 aromatic heterocycles. The molecule has 0 radical (unpaired) electrons. The van der Waals surface area contributed by atoms with Gasteiger partial charge in [0.05, 0.1) is 12.8 Å². The fourth-order valence-electron chi connectivity index (χ4n) is 2.87. The summed E-state index contributed by atoms with van der Waals surface area (Å²) in [5, 5.41) is 0.203. The molecule has 150 valence electrons. The molecule has 3 nitrogen and oxygen atoms in total. The predicted molar refractivity (Wildman–Crippen MR) is 120 cm³/mol. The van der Waals surface area contributed by atoms with E-state index in [4.69, 9.17) is 11.6 Å². The fourth-order valence-corrected chi connectivity index (χ4v) is 4.28. The van der Waals surface area contributed by atoms with E-state index in [1.807, 2.05) is 42.5 Å². The lowest BCUT2D eigenvalue weighted by Crippen LogP contribution is -2.27. The molecule has 0 fully saturated rings. The van der Waals surface area contributed by atoms with Crippen molar-refractivity contribution in [1.82, 2.24) is 4.31 Å². The molecule has 28 heavy (non-hydrogen) atoms. The Balaban J connectivity index is 2.52. The van der Waals surface area contributed by atoms with E-state index >= 15 is 0 Å². The molecule has 0 aliphatic heterocycles. The van der Waals surface area contributed by atoms with Crippen LogP contribution in [0.5, 0.6) is 0 Å². The van der Waals surface area contributed by atoms with Gasteiger partial charge in [-0.05, 0) is 34.1 Å². The van der Waals surface area contributed by atoms with Crippen LogP contribution in [0.4, 0.5) is 0 Å². The molecule has 0 aliphatic rings. The Bertz CT molecular complexity index is 940. The molecular weight excluding hydrogens is 390 g/mol. The van der Waals surface area contributed by atoms with E-state index in [1.54, 1.807) is 6.08 Å². The van der Waals surface area contributed by atoms with Crippen LogP contribution in [0.25, 0.3) is 5.57 Å². The summed E-state index contributed by atoms with van der Waals surface area (Å²) < 4.78 is 26.2. The fraction of sp³-hybridized carbons (Fsp3) is 0.304. The van der Waals surface area contributed by atoms with E-state index in [0.717, 1.165) is 16.7 Å². The third-order valence-electron chi connectivity index (χ3n) is 4.49. The summed E-state index contributed by atoms with van der Waals surface area (Å²) in [5.41, 5.74) is 3.73. The topological polar surface area (TPSA) is 37.4 Å². The highest BCUT2D eigenvalue weighted by atomic mass is 35.5. The summed E-state index contributed by atoms with van der Waals surface area (Å²) in [6.45, 7) is 10.5. The Labute approximate surface area is 174 Å². The second-order valence-corrected chi connectivity index (χ2v) is 10.1. The van der Waals surface area contributed by atoms with Crippen molar-refractivity contribution in [3.8, 4) is 0 Å². The van der Waals surface area contributed by atoms with Crippen molar-refractivity contribution in [3.63, 3.8) is 0 Å². The molecule has 0 saturated carbocycles. The number of hydrogen-bond acceptors (Lipinski definition) is 2. The van der Waals surface area contributed by atoms with Gasteiger partial charge in [-0.25, -0.2) is 8.42 Å².